The number of ether oxygens (including phenoxy) is 1. The molecule has 0 aliphatic carbocycles. The summed E-state index contributed by atoms with van der Waals surface area (Å²) in [6.07, 6.45) is 0.853. The smallest absolute Gasteiger partial charge is 0.318 e. The highest BCUT2D eigenvalue weighted by Crippen LogP contribution is 2.08. The third-order valence-corrected chi connectivity index (χ3v) is 4.94. The van der Waals surface area contributed by atoms with E-state index in [9.17, 15) is 9.59 Å². The Balaban J connectivity index is 1.40. The SMILES string of the molecule is CN1CCO[C@H](CNC(=O)N2CCN(CCc3ccccc3)C(=O)C2)C1. The van der Waals surface area contributed by atoms with Crippen molar-refractivity contribution in [3.05, 3.63) is 35.9 Å². The predicted octanol–water partition coefficient (Wildman–Crippen LogP) is 0.414. The van der Waals surface area contributed by atoms with Crippen LogP contribution in [-0.4, -0.2) is 92.2 Å². The van der Waals surface area contributed by atoms with Crippen molar-refractivity contribution in [2.45, 2.75) is 12.5 Å². The van der Waals surface area contributed by atoms with Gasteiger partial charge in [0.15, 0.2) is 0 Å². The number of hydrogen-bond acceptors (Lipinski definition) is 4. The van der Waals surface area contributed by atoms with Crippen molar-refractivity contribution >= 4 is 11.9 Å². The number of benzene rings is 1. The zero-order chi connectivity index (χ0) is 18.4. The van der Waals surface area contributed by atoms with E-state index in [1.165, 1.54) is 5.56 Å². The lowest BCUT2D eigenvalue weighted by Gasteiger charge is -2.35. The summed E-state index contributed by atoms with van der Waals surface area (Å²) in [5.41, 5.74) is 1.22. The van der Waals surface area contributed by atoms with Gasteiger partial charge in [0, 0.05) is 39.3 Å². The van der Waals surface area contributed by atoms with Crippen LogP contribution in [0.15, 0.2) is 30.3 Å². The lowest BCUT2D eigenvalue weighted by molar-refractivity contribution is -0.134. The molecule has 2 aliphatic rings. The first-order valence-electron chi connectivity index (χ1n) is 9.26. The molecule has 1 N–H and O–H groups in total. The van der Waals surface area contributed by atoms with Crippen LogP contribution in [0.1, 0.15) is 5.56 Å². The number of hydrogen-bond donors (Lipinski definition) is 1. The van der Waals surface area contributed by atoms with E-state index >= 15 is 0 Å². The van der Waals surface area contributed by atoms with Gasteiger partial charge in [0.25, 0.3) is 0 Å². The average molecular weight is 360 g/mol. The van der Waals surface area contributed by atoms with Gasteiger partial charge in [0.05, 0.1) is 12.7 Å². The Labute approximate surface area is 154 Å². The maximum atomic E-state index is 12.4. The van der Waals surface area contributed by atoms with Crippen molar-refractivity contribution in [2.24, 2.45) is 0 Å². The summed E-state index contributed by atoms with van der Waals surface area (Å²) in [7, 11) is 2.05. The zero-order valence-corrected chi connectivity index (χ0v) is 15.4. The molecule has 0 saturated carbocycles. The molecule has 3 amide bonds. The van der Waals surface area contributed by atoms with Crippen LogP contribution in [0.25, 0.3) is 0 Å². The van der Waals surface area contributed by atoms with E-state index in [-0.39, 0.29) is 24.6 Å². The second-order valence-electron chi connectivity index (χ2n) is 6.98. The third-order valence-electron chi connectivity index (χ3n) is 4.94. The minimum Gasteiger partial charge on any atom is -0.374 e. The lowest BCUT2D eigenvalue weighted by Crippen LogP contribution is -2.56. The molecule has 0 unspecified atom stereocenters. The highest BCUT2D eigenvalue weighted by atomic mass is 16.5. The van der Waals surface area contributed by atoms with Gasteiger partial charge in [-0.3, -0.25) is 4.79 Å². The third kappa shape index (κ3) is 5.19. The number of carbonyl (C=O) groups excluding carboxylic acids is 2. The number of nitrogens with zero attached hydrogens (tertiary/aromatic N) is 3. The van der Waals surface area contributed by atoms with Crippen molar-refractivity contribution in [2.75, 3.05) is 59.5 Å². The maximum Gasteiger partial charge on any atom is 0.318 e. The van der Waals surface area contributed by atoms with E-state index in [0.29, 0.717) is 32.8 Å². The van der Waals surface area contributed by atoms with E-state index in [1.54, 1.807) is 4.90 Å². The molecule has 0 radical (unpaired) electrons. The monoisotopic (exact) mass is 360 g/mol. The molecule has 142 valence electrons. The number of rotatable bonds is 5. The zero-order valence-electron chi connectivity index (χ0n) is 15.4. The van der Waals surface area contributed by atoms with Crippen LogP contribution in [-0.2, 0) is 16.0 Å². The Kier molecular flexibility index (Phi) is 6.46. The molecule has 1 aromatic carbocycles. The van der Waals surface area contributed by atoms with E-state index < -0.39 is 0 Å². The van der Waals surface area contributed by atoms with Gasteiger partial charge in [-0.05, 0) is 19.0 Å². The number of carbonyl (C=O) groups is 2. The molecule has 3 rings (SSSR count). The Bertz CT molecular complexity index is 610. The summed E-state index contributed by atoms with van der Waals surface area (Å²) >= 11 is 0. The van der Waals surface area contributed by atoms with Gasteiger partial charge >= 0.3 is 6.03 Å². The fourth-order valence-corrected chi connectivity index (χ4v) is 3.33. The van der Waals surface area contributed by atoms with Crippen molar-refractivity contribution in [3.8, 4) is 0 Å². The Morgan fingerprint density at radius 3 is 2.77 bits per heavy atom. The van der Waals surface area contributed by atoms with Gasteiger partial charge in [0.2, 0.25) is 5.91 Å². The minimum absolute atomic E-state index is 0.0102. The van der Waals surface area contributed by atoms with Gasteiger partial charge in [0.1, 0.15) is 6.54 Å². The summed E-state index contributed by atoms with van der Waals surface area (Å²) in [5.74, 6) is 0.0102. The molecule has 1 atom stereocenters. The summed E-state index contributed by atoms with van der Waals surface area (Å²) in [6.45, 7) is 4.89. The van der Waals surface area contributed by atoms with Gasteiger partial charge in [-0.2, -0.15) is 0 Å². The largest absolute Gasteiger partial charge is 0.374 e. The van der Waals surface area contributed by atoms with Crippen molar-refractivity contribution in [1.82, 2.24) is 20.0 Å². The summed E-state index contributed by atoms with van der Waals surface area (Å²) in [4.78, 5) is 30.3. The molecule has 7 nitrogen and oxygen atoms in total. The van der Waals surface area contributed by atoms with E-state index in [2.05, 4.69) is 22.3 Å². The van der Waals surface area contributed by atoms with E-state index in [1.807, 2.05) is 30.1 Å². The van der Waals surface area contributed by atoms with Crippen molar-refractivity contribution < 1.29 is 14.3 Å². The fraction of sp³-hybridized carbons (Fsp3) is 0.579. The van der Waals surface area contributed by atoms with Crippen LogP contribution >= 0.6 is 0 Å². The fourth-order valence-electron chi connectivity index (χ4n) is 3.33. The van der Waals surface area contributed by atoms with Gasteiger partial charge in [-0.1, -0.05) is 30.3 Å². The van der Waals surface area contributed by atoms with Crippen LogP contribution in [0.4, 0.5) is 4.79 Å². The summed E-state index contributed by atoms with van der Waals surface area (Å²) < 4.78 is 5.65. The molecule has 0 bridgehead atoms. The normalized spacial score (nSPS) is 21.7. The number of nitrogens with one attached hydrogen (secondary N) is 1. The highest BCUT2D eigenvalue weighted by molar-refractivity contribution is 5.85. The first kappa shape index (κ1) is 18.7. The van der Waals surface area contributed by atoms with Crippen LogP contribution in [0.2, 0.25) is 0 Å². The molecule has 2 heterocycles. The van der Waals surface area contributed by atoms with Crippen molar-refractivity contribution in [3.63, 3.8) is 0 Å². The molecule has 2 aliphatic heterocycles. The number of morpholine rings is 1. The topological polar surface area (TPSA) is 65.1 Å². The number of likely N-dealkylation sites (N-methyl/N-ethyl adjacent to an activating group) is 1. The first-order valence-corrected chi connectivity index (χ1v) is 9.26. The second-order valence-corrected chi connectivity index (χ2v) is 6.98. The average Bonchev–Trinajstić information content (AvgIpc) is 2.66. The van der Waals surface area contributed by atoms with E-state index in [4.69, 9.17) is 4.74 Å². The highest BCUT2D eigenvalue weighted by Gasteiger charge is 2.27. The Morgan fingerprint density at radius 2 is 2.04 bits per heavy atom. The number of amides is 3. The molecule has 26 heavy (non-hydrogen) atoms. The summed E-state index contributed by atoms with van der Waals surface area (Å²) in [6, 6.07) is 9.96. The van der Waals surface area contributed by atoms with Gasteiger partial charge < -0.3 is 24.8 Å². The number of urea groups is 1. The molecule has 2 saturated heterocycles. The molecular formula is C19H28N4O3. The Hall–Kier alpha value is -2.12. The van der Waals surface area contributed by atoms with Crippen LogP contribution in [0.3, 0.4) is 0 Å². The molecule has 0 spiro atoms. The van der Waals surface area contributed by atoms with Gasteiger partial charge in [-0.25, -0.2) is 4.79 Å². The lowest BCUT2D eigenvalue weighted by atomic mass is 10.1. The molecule has 1 aromatic rings. The quantitative estimate of drug-likeness (QED) is 0.826. The predicted molar refractivity (Wildman–Crippen MR) is 98.9 cm³/mol. The first-order chi connectivity index (χ1) is 12.6. The molecule has 7 heteroatoms. The van der Waals surface area contributed by atoms with Crippen LogP contribution in [0, 0.1) is 0 Å². The minimum atomic E-state index is -0.183. The second kappa shape index (κ2) is 9.00. The molecule has 0 aromatic heterocycles. The van der Waals surface area contributed by atoms with Gasteiger partial charge in [-0.15, -0.1) is 0 Å². The number of piperazine rings is 1. The standard InChI is InChI=1S/C19H28N4O3/c1-21-11-12-26-17(14-21)13-20-19(25)23-10-9-22(18(24)15-23)8-7-16-5-3-2-4-6-16/h2-6,17H,7-15H2,1H3,(H,20,25)/t17-/m1/s1. The van der Waals surface area contributed by atoms with E-state index in [0.717, 1.165) is 19.5 Å². The maximum absolute atomic E-state index is 12.4. The van der Waals surface area contributed by atoms with Crippen molar-refractivity contribution in [1.29, 1.82) is 0 Å². The van der Waals surface area contributed by atoms with Crippen LogP contribution < -0.4 is 5.32 Å². The molecule has 2 fully saturated rings. The summed E-state index contributed by atoms with van der Waals surface area (Å²) in [5, 5.41) is 2.90. The molecular weight excluding hydrogens is 332 g/mol. The Morgan fingerprint density at radius 1 is 1.23 bits per heavy atom. The van der Waals surface area contributed by atoms with Crippen LogP contribution in [0.5, 0.6) is 0 Å².